The monoisotopic (exact) mass is 509 g/mol. The number of hydrogen-bond donors (Lipinski definition) is 3. The topological polar surface area (TPSA) is 137 Å². The predicted octanol–water partition coefficient (Wildman–Crippen LogP) is 3.38. The third-order valence-corrected chi connectivity index (χ3v) is 5.25. The standard InChI is InChI=1S/C28H35N3O6/c1-20(2)17-24(31-28(35)37-19-22-11-7-4-8-12-22)27(34)30-23(13-15-25(29)32)14-16-26(33)36-18-21-9-5-3-6-10-21/h3-12,14,16,20,23-24H,13,15,17-19H2,1-2H3,(H2,29,32)(H,30,34)(H,31,35)/b16-14+/t23-,24-/m0/s1. The fourth-order valence-electron chi connectivity index (χ4n) is 3.38. The van der Waals surface area contributed by atoms with Gasteiger partial charge in [0, 0.05) is 18.5 Å². The number of amides is 3. The second kappa shape index (κ2) is 15.8. The van der Waals surface area contributed by atoms with Crippen LogP contribution in [0.5, 0.6) is 0 Å². The highest BCUT2D eigenvalue weighted by atomic mass is 16.5. The van der Waals surface area contributed by atoms with Crippen LogP contribution in [0.25, 0.3) is 0 Å². The fraction of sp³-hybridized carbons (Fsp3) is 0.357. The summed E-state index contributed by atoms with van der Waals surface area (Å²) in [5.41, 5.74) is 6.93. The van der Waals surface area contributed by atoms with Crippen LogP contribution in [0.15, 0.2) is 72.8 Å². The van der Waals surface area contributed by atoms with Gasteiger partial charge in [0.25, 0.3) is 0 Å². The molecule has 0 aliphatic carbocycles. The zero-order chi connectivity index (χ0) is 27.0. The number of ether oxygens (including phenoxy) is 2. The maximum absolute atomic E-state index is 13.1. The van der Waals surface area contributed by atoms with Crippen LogP contribution in [-0.4, -0.2) is 36.0 Å². The van der Waals surface area contributed by atoms with E-state index in [1.165, 1.54) is 12.2 Å². The summed E-state index contributed by atoms with van der Waals surface area (Å²) in [7, 11) is 0. The Balaban J connectivity index is 1.98. The molecule has 0 aliphatic heterocycles. The summed E-state index contributed by atoms with van der Waals surface area (Å²) in [6.07, 6.45) is 2.46. The molecule has 9 heteroatoms. The van der Waals surface area contributed by atoms with Crippen molar-refractivity contribution in [2.75, 3.05) is 0 Å². The summed E-state index contributed by atoms with van der Waals surface area (Å²) >= 11 is 0. The molecule has 9 nitrogen and oxygen atoms in total. The molecule has 0 saturated heterocycles. The van der Waals surface area contributed by atoms with Crippen molar-refractivity contribution < 1.29 is 28.7 Å². The molecule has 2 aromatic rings. The Bertz CT molecular complexity index is 1040. The van der Waals surface area contributed by atoms with Gasteiger partial charge in [-0.15, -0.1) is 0 Å². The van der Waals surface area contributed by atoms with E-state index >= 15 is 0 Å². The molecular formula is C28H35N3O6. The Morgan fingerprint density at radius 2 is 1.43 bits per heavy atom. The largest absolute Gasteiger partial charge is 0.458 e. The van der Waals surface area contributed by atoms with E-state index in [9.17, 15) is 19.2 Å². The normalized spacial score (nSPS) is 12.5. The minimum Gasteiger partial charge on any atom is -0.458 e. The van der Waals surface area contributed by atoms with E-state index in [0.29, 0.717) is 6.42 Å². The van der Waals surface area contributed by atoms with Gasteiger partial charge in [0.15, 0.2) is 0 Å². The molecule has 0 aromatic heterocycles. The molecule has 0 saturated carbocycles. The Labute approximate surface area is 217 Å². The average molecular weight is 510 g/mol. The SMILES string of the molecule is CC(C)C[C@H](NC(=O)OCc1ccccc1)C(=O)N[C@H](/C=C/C(=O)OCc1ccccc1)CCC(N)=O. The lowest BCUT2D eigenvalue weighted by Crippen LogP contribution is -2.50. The summed E-state index contributed by atoms with van der Waals surface area (Å²) in [6, 6.07) is 16.8. The summed E-state index contributed by atoms with van der Waals surface area (Å²) < 4.78 is 10.5. The summed E-state index contributed by atoms with van der Waals surface area (Å²) in [4.78, 5) is 48.9. The molecule has 0 fully saturated rings. The highest BCUT2D eigenvalue weighted by Crippen LogP contribution is 2.09. The van der Waals surface area contributed by atoms with Gasteiger partial charge >= 0.3 is 12.1 Å². The maximum atomic E-state index is 13.1. The molecular weight excluding hydrogens is 474 g/mol. The number of carbonyl (C=O) groups excluding carboxylic acids is 4. The number of nitrogens with two attached hydrogens (primary N) is 1. The van der Waals surface area contributed by atoms with Crippen LogP contribution in [0.4, 0.5) is 4.79 Å². The Morgan fingerprint density at radius 1 is 0.865 bits per heavy atom. The first-order valence-electron chi connectivity index (χ1n) is 12.2. The fourth-order valence-corrected chi connectivity index (χ4v) is 3.38. The van der Waals surface area contributed by atoms with Crippen LogP contribution >= 0.6 is 0 Å². The molecule has 3 amide bonds. The van der Waals surface area contributed by atoms with Gasteiger partial charge in [-0.25, -0.2) is 9.59 Å². The van der Waals surface area contributed by atoms with Crippen LogP contribution in [-0.2, 0) is 37.1 Å². The van der Waals surface area contributed by atoms with Gasteiger partial charge in [0.05, 0.1) is 0 Å². The molecule has 2 atom stereocenters. The van der Waals surface area contributed by atoms with E-state index in [0.717, 1.165) is 11.1 Å². The molecule has 37 heavy (non-hydrogen) atoms. The van der Waals surface area contributed by atoms with Crippen molar-refractivity contribution in [1.82, 2.24) is 10.6 Å². The summed E-state index contributed by atoms with van der Waals surface area (Å²) in [5, 5.41) is 5.39. The minimum absolute atomic E-state index is 0.00422. The molecule has 4 N–H and O–H groups in total. The Kier molecular flexibility index (Phi) is 12.4. The molecule has 0 spiro atoms. The van der Waals surface area contributed by atoms with Crippen LogP contribution in [0.3, 0.4) is 0 Å². The molecule has 0 radical (unpaired) electrons. The molecule has 0 bridgehead atoms. The predicted molar refractivity (Wildman–Crippen MR) is 139 cm³/mol. The highest BCUT2D eigenvalue weighted by molar-refractivity contribution is 5.86. The molecule has 2 rings (SSSR count). The number of hydrogen-bond acceptors (Lipinski definition) is 6. The zero-order valence-corrected chi connectivity index (χ0v) is 21.2. The van der Waals surface area contributed by atoms with Gasteiger partial charge in [-0.05, 0) is 29.9 Å². The van der Waals surface area contributed by atoms with Crippen LogP contribution in [0.1, 0.15) is 44.2 Å². The van der Waals surface area contributed by atoms with Crippen molar-refractivity contribution in [3.05, 3.63) is 83.9 Å². The van der Waals surface area contributed by atoms with Crippen LogP contribution in [0.2, 0.25) is 0 Å². The second-order valence-electron chi connectivity index (χ2n) is 8.96. The molecule has 198 valence electrons. The number of primary amides is 1. The van der Waals surface area contributed by atoms with Gasteiger partial charge < -0.3 is 25.8 Å². The lowest BCUT2D eigenvalue weighted by Gasteiger charge is -2.23. The van der Waals surface area contributed by atoms with E-state index in [-0.39, 0.29) is 32.0 Å². The quantitative estimate of drug-likeness (QED) is 0.264. The Hall–Kier alpha value is -4.14. The first-order chi connectivity index (χ1) is 17.7. The average Bonchev–Trinajstić information content (AvgIpc) is 2.88. The highest BCUT2D eigenvalue weighted by Gasteiger charge is 2.24. The smallest absolute Gasteiger partial charge is 0.408 e. The summed E-state index contributed by atoms with van der Waals surface area (Å²) in [5.74, 6) is -1.51. The third-order valence-electron chi connectivity index (χ3n) is 5.25. The minimum atomic E-state index is -0.877. The van der Waals surface area contributed by atoms with Gasteiger partial charge in [-0.1, -0.05) is 80.6 Å². The first-order valence-corrected chi connectivity index (χ1v) is 12.2. The van der Waals surface area contributed by atoms with Crippen molar-refractivity contribution in [1.29, 1.82) is 0 Å². The molecule has 0 aliphatic rings. The number of rotatable bonds is 14. The lowest BCUT2D eigenvalue weighted by molar-refractivity contribution is -0.139. The summed E-state index contributed by atoms with van der Waals surface area (Å²) in [6.45, 7) is 4.01. The van der Waals surface area contributed by atoms with E-state index in [2.05, 4.69) is 10.6 Å². The third kappa shape index (κ3) is 12.4. The van der Waals surface area contributed by atoms with Crippen LogP contribution < -0.4 is 16.4 Å². The second-order valence-corrected chi connectivity index (χ2v) is 8.96. The zero-order valence-electron chi connectivity index (χ0n) is 21.2. The van der Waals surface area contributed by atoms with Crippen molar-refractivity contribution >= 4 is 23.9 Å². The lowest BCUT2D eigenvalue weighted by atomic mass is 10.0. The molecule has 0 unspecified atom stereocenters. The van der Waals surface area contributed by atoms with Gasteiger partial charge in [-0.3, -0.25) is 9.59 Å². The van der Waals surface area contributed by atoms with Crippen molar-refractivity contribution in [3.8, 4) is 0 Å². The molecule has 2 aromatic carbocycles. The maximum Gasteiger partial charge on any atom is 0.408 e. The van der Waals surface area contributed by atoms with Gasteiger partial charge in [0.2, 0.25) is 11.8 Å². The van der Waals surface area contributed by atoms with Crippen molar-refractivity contribution in [2.45, 2.75) is 58.4 Å². The number of esters is 1. The number of alkyl carbamates (subject to hydrolysis) is 1. The van der Waals surface area contributed by atoms with E-state index in [4.69, 9.17) is 15.2 Å². The number of benzene rings is 2. The Morgan fingerprint density at radius 3 is 1.97 bits per heavy atom. The van der Waals surface area contributed by atoms with Gasteiger partial charge in [0.1, 0.15) is 19.3 Å². The van der Waals surface area contributed by atoms with E-state index in [1.807, 2.05) is 74.5 Å². The van der Waals surface area contributed by atoms with Gasteiger partial charge in [-0.2, -0.15) is 0 Å². The number of carbonyl (C=O) groups is 4. The number of nitrogens with one attached hydrogen (secondary N) is 2. The van der Waals surface area contributed by atoms with E-state index < -0.39 is 36.0 Å². The van der Waals surface area contributed by atoms with Crippen LogP contribution in [0, 0.1) is 5.92 Å². The van der Waals surface area contributed by atoms with Crippen molar-refractivity contribution in [2.24, 2.45) is 11.7 Å². The first kappa shape index (κ1) is 29.1. The van der Waals surface area contributed by atoms with E-state index in [1.54, 1.807) is 0 Å². The molecule has 0 heterocycles. The van der Waals surface area contributed by atoms with Crippen molar-refractivity contribution in [3.63, 3.8) is 0 Å².